The van der Waals surface area contributed by atoms with Crippen LogP contribution in [0.3, 0.4) is 0 Å². The number of anilines is 1. The Morgan fingerprint density at radius 2 is 2.39 bits per heavy atom. The van der Waals surface area contributed by atoms with E-state index in [1.54, 1.807) is 6.07 Å². The van der Waals surface area contributed by atoms with Crippen molar-refractivity contribution in [1.82, 2.24) is 0 Å². The quantitative estimate of drug-likeness (QED) is 0.849. The van der Waals surface area contributed by atoms with Crippen molar-refractivity contribution in [3.63, 3.8) is 0 Å². The Bertz CT molecular complexity index is 428. The number of benzene rings is 1. The monoisotopic (exact) mass is 265 g/mol. The van der Waals surface area contributed by atoms with Crippen LogP contribution in [0.1, 0.15) is 22.3 Å². The number of nitrogens with one attached hydrogen (secondary N) is 1. The average molecular weight is 265 g/mol. The third kappa shape index (κ3) is 2.99. The lowest BCUT2D eigenvalue weighted by molar-refractivity contribution is 0.0600. The molecule has 0 aromatic heterocycles. The third-order valence-electron chi connectivity index (χ3n) is 3.34. The number of rotatable bonds is 4. The van der Waals surface area contributed by atoms with Crippen LogP contribution in [0.4, 0.5) is 5.69 Å². The van der Waals surface area contributed by atoms with E-state index in [1.165, 1.54) is 25.0 Å². The molecule has 4 heteroatoms. The van der Waals surface area contributed by atoms with Crippen LogP contribution in [0.15, 0.2) is 18.2 Å². The highest BCUT2D eigenvalue weighted by Gasteiger charge is 2.16. The molecule has 1 aliphatic rings. The second kappa shape index (κ2) is 6.14. The number of hydrogen-bond donors (Lipinski definition) is 1. The van der Waals surface area contributed by atoms with Gasteiger partial charge in [0.05, 0.1) is 12.7 Å². The molecule has 1 aliphatic heterocycles. The number of carbonyl (C=O) groups is 1. The van der Waals surface area contributed by atoms with E-state index in [-0.39, 0.29) is 5.97 Å². The molecule has 0 spiro atoms. The molecule has 1 aromatic rings. The molecule has 0 aliphatic carbocycles. The summed E-state index contributed by atoms with van der Waals surface area (Å²) in [6.07, 6.45) is 1.29. The van der Waals surface area contributed by atoms with Gasteiger partial charge >= 0.3 is 5.97 Å². The Kier molecular flexibility index (Phi) is 4.53. The summed E-state index contributed by atoms with van der Waals surface area (Å²) in [4.78, 5) is 11.6. The molecule has 1 saturated heterocycles. The van der Waals surface area contributed by atoms with Crippen molar-refractivity contribution < 1.29 is 9.53 Å². The first-order chi connectivity index (χ1) is 8.72. The minimum absolute atomic E-state index is 0.271. The van der Waals surface area contributed by atoms with Crippen LogP contribution in [0, 0.1) is 12.8 Å². The van der Waals surface area contributed by atoms with Crippen molar-refractivity contribution in [1.29, 1.82) is 0 Å². The SMILES string of the molecule is COC(=O)c1cccc(NCC2CCSC2)c1C. The number of carbonyl (C=O) groups excluding carboxylic acids is 1. The fourth-order valence-corrected chi connectivity index (χ4v) is 3.44. The average Bonchev–Trinajstić information content (AvgIpc) is 2.90. The second-order valence-corrected chi connectivity index (χ2v) is 5.73. The summed E-state index contributed by atoms with van der Waals surface area (Å²) in [6.45, 7) is 2.94. The topological polar surface area (TPSA) is 38.3 Å². The van der Waals surface area contributed by atoms with Crippen LogP contribution in [0.2, 0.25) is 0 Å². The van der Waals surface area contributed by atoms with Crippen LogP contribution in [0.25, 0.3) is 0 Å². The normalized spacial score (nSPS) is 18.7. The maximum absolute atomic E-state index is 11.6. The van der Waals surface area contributed by atoms with Gasteiger partial charge in [-0.3, -0.25) is 0 Å². The van der Waals surface area contributed by atoms with E-state index in [1.807, 2.05) is 30.8 Å². The summed E-state index contributed by atoms with van der Waals surface area (Å²) >= 11 is 2.02. The Morgan fingerprint density at radius 3 is 3.06 bits per heavy atom. The van der Waals surface area contributed by atoms with E-state index in [9.17, 15) is 4.79 Å². The van der Waals surface area contributed by atoms with Crippen LogP contribution in [-0.2, 0) is 4.74 Å². The number of esters is 1. The number of methoxy groups -OCH3 is 1. The Hall–Kier alpha value is -1.16. The van der Waals surface area contributed by atoms with Crippen molar-refractivity contribution in [3.8, 4) is 0 Å². The summed E-state index contributed by atoms with van der Waals surface area (Å²) in [5.74, 6) is 2.99. The summed E-state index contributed by atoms with van der Waals surface area (Å²) < 4.78 is 4.78. The van der Waals surface area contributed by atoms with Gasteiger partial charge in [0.15, 0.2) is 0 Å². The molecule has 1 N–H and O–H groups in total. The van der Waals surface area contributed by atoms with Crippen LogP contribution in [-0.4, -0.2) is 31.1 Å². The van der Waals surface area contributed by atoms with Gasteiger partial charge in [-0.15, -0.1) is 0 Å². The molecular weight excluding hydrogens is 246 g/mol. The van der Waals surface area contributed by atoms with Crippen molar-refractivity contribution in [2.24, 2.45) is 5.92 Å². The first-order valence-electron chi connectivity index (χ1n) is 6.22. The number of hydrogen-bond acceptors (Lipinski definition) is 4. The largest absolute Gasteiger partial charge is 0.465 e. The van der Waals surface area contributed by atoms with E-state index >= 15 is 0 Å². The van der Waals surface area contributed by atoms with Gasteiger partial charge < -0.3 is 10.1 Å². The Morgan fingerprint density at radius 1 is 1.56 bits per heavy atom. The molecule has 1 atom stereocenters. The zero-order valence-corrected chi connectivity index (χ0v) is 11.7. The van der Waals surface area contributed by atoms with Gasteiger partial charge in [-0.2, -0.15) is 11.8 Å². The maximum Gasteiger partial charge on any atom is 0.338 e. The lowest BCUT2D eigenvalue weighted by atomic mass is 10.1. The van der Waals surface area contributed by atoms with Crippen molar-refractivity contribution in [2.45, 2.75) is 13.3 Å². The van der Waals surface area contributed by atoms with Crippen molar-refractivity contribution in [3.05, 3.63) is 29.3 Å². The molecule has 1 heterocycles. The predicted octanol–water partition coefficient (Wildman–Crippen LogP) is 2.95. The van der Waals surface area contributed by atoms with Crippen LogP contribution < -0.4 is 5.32 Å². The molecule has 0 bridgehead atoms. The predicted molar refractivity (Wildman–Crippen MR) is 76.4 cm³/mol. The molecule has 1 fully saturated rings. The third-order valence-corrected chi connectivity index (χ3v) is 4.58. The standard InChI is InChI=1S/C14H19NO2S/c1-10-12(14(16)17-2)4-3-5-13(10)15-8-11-6-7-18-9-11/h3-5,11,15H,6-9H2,1-2H3. The highest BCUT2D eigenvalue weighted by molar-refractivity contribution is 7.99. The zero-order valence-electron chi connectivity index (χ0n) is 10.9. The number of thioether (sulfide) groups is 1. The Labute approximate surface area is 112 Å². The molecule has 2 rings (SSSR count). The minimum Gasteiger partial charge on any atom is -0.465 e. The molecule has 1 aromatic carbocycles. The smallest absolute Gasteiger partial charge is 0.338 e. The summed E-state index contributed by atoms with van der Waals surface area (Å²) in [5.41, 5.74) is 2.65. The second-order valence-electron chi connectivity index (χ2n) is 4.58. The zero-order chi connectivity index (χ0) is 13.0. The van der Waals surface area contributed by atoms with E-state index in [0.29, 0.717) is 5.56 Å². The summed E-state index contributed by atoms with van der Waals surface area (Å²) in [5, 5.41) is 3.45. The van der Waals surface area contributed by atoms with E-state index in [0.717, 1.165) is 23.7 Å². The highest BCUT2D eigenvalue weighted by Crippen LogP contribution is 2.25. The maximum atomic E-state index is 11.6. The Balaban J connectivity index is 2.05. The highest BCUT2D eigenvalue weighted by atomic mass is 32.2. The van der Waals surface area contributed by atoms with Crippen molar-refractivity contribution in [2.75, 3.05) is 30.5 Å². The molecule has 98 valence electrons. The van der Waals surface area contributed by atoms with Crippen LogP contribution in [0.5, 0.6) is 0 Å². The van der Waals surface area contributed by atoms with Gasteiger partial charge in [-0.05, 0) is 48.5 Å². The van der Waals surface area contributed by atoms with E-state index in [2.05, 4.69) is 5.32 Å². The fourth-order valence-electron chi connectivity index (χ4n) is 2.16. The summed E-state index contributed by atoms with van der Waals surface area (Å²) in [7, 11) is 1.41. The van der Waals surface area contributed by atoms with Crippen molar-refractivity contribution >= 4 is 23.4 Å². The van der Waals surface area contributed by atoms with Gasteiger partial charge in [-0.25, -0.2) is 4.79 Å². The molecule has 1 unspecified atom stereocenters. The minimum atomic E-state index is -0.271. The molecule has 0 amide bonds. The molecule has 0 radical (unpaired) electrons. The van der Waals surface area contributed by atoms with Gasteiger partial charge in [0.1, 0.15) is 0 Å². The van der Waals surface area contributed by atoms with Gasteiger partial charge in [0.2, 0.25) is 0 Å². The van der Waals surface area contributed by atoms with E-state index < -0.39 is 0 Å². The lowest BCUT2D eigenvalue weighted by Gasteiger charge is -2.15. The lowest BCUT2D eigenvalue weighted by Crippen LogP contribution is -2.15. The van der Waals surface area contributed by atoms with E-state index in [4.69, 9.17) is 4.74 Å². The molecule has 3 nitrogen and oxygen atoms in total. The molecule has 0 saturated carbocycles. The number of ether oxygens (including phenoxy) is 1. The summed E-state index contributed by atoms with van der Waals surface area (Å²) in [6, 6.07) is 5.71. The van der Waals surface area contributed by atoms with Crippen LogP contribution >= 0.6 is 11.8 Å². The first-order valence-corrected chi connectivity index (χ1v) is 7.37. The molecule has 18 heavy (non-hydrogen) atoms. The molecular formula is C14H19NO2S. The van der Waals surface area contributed by atoms with Gasteiger partial charge in [-0.1, -0.05) is 6.07 Å². The fraction of sp³-hybridized carbons (Fsp3) is 0.500. The van der Waals surface area contributed by atoms with Gasteiger partial charge in [0, 0.05) is 12.2 Å². The first kappa shape index (κ1) is 13.3. The van der Waals surface area contributed by atoms with Gasteiger partial charge in [0.25, 0.3) is 0 Å².